The van der Waals surface area contributed by atoms with E-state index in [9.17, 15) is 4.79 Å². The standard InChI is InChI=1S/C15H24BNO5/c1-13(2)14(3,4)22-16(21-13)11-9-15(20-10-11)5-7-17(8-6-15)12(18)19/h9H,5-8,10H2,1-4H3,(H,18,19). The molecule has 3 heterocycles. The van der Waals surface area contributed by atoms with Gasteiger partial charge in [0.25, 0.3) is 0 Å². The van der Waals surface area contributed by atoms with Crippen LogP contribution < -0.4 is 0 Å². The van der Waals surface area contributed by atoms with Gasteiger partial charge in [-0.25, -0.2) is 4.79 Å². The monoisotopic (exact) mass is 309 g/mol. The number of rotatable bonds is 1. The molecule has 0 saturated carbocycles. The molecule has 0 bridgehead atoms. The molecule has 1 N–H and O–H groups in total. The van der Waals surface area contributed by atoms with Crippen LogP contribution in [0.25, 0.3) is 0 Å². The molecule has 3 aliphatic rings. The van der Waals surface area contributed by atoms with Crippen LogP contribution in [-0.4, -0.2) is 59.7 Å². The number of ether oxygens (including phenoxy) is 1. The minimum Gasteiger partial charge on any atom is -0.465 e. The van der Waals surface area contributed by atoms with Gasteiger partial charge in [0, 0.05) is 13.1 Å². The van der Waals surface area contributed by atoms with Crippen LogP contribution in [0.5, 0.6) is 0 Å². The summed E-state index contributed by atoms with van der Waals surface area (Å²) < 4.78 is 18.1. The van der Waals surface area contributed by atoms with Crippen LogP contribution in [0.1, 0.15) is 40.5 Å². The van der Waals surface area contributed by atoms with Gasteiger partial charge in [-0.15, -0.1) is 0 Å². The predicted molar refractivity (Wildman–Crippen MR) is 81.7 cm³/mol. The minimum atomic E-state index is -0.858. The maximum atomic E-state index is 11.0. The lowest BCUT2D eigenvalue weighted by Gasteiger charge is -2.36. The molecule has 0 radical (unpaired) electrons. The summed E-state index contributed by atoms with van der Waals surface area (Å²) in [4.78, 5) is 12.4. The van der Waals surface area contributed by atoms with E-state index in [-0.39, 0.29) is 23.9 Å². The van der Waals surface area contributed by atoms with Crippen LogP contribution in [-0.2, 0) is 14.0 Å². The lowest BCUT2D eigenvalue weighted by Crippen LogP contribution is -2.45. The molecule has 2 fully saturated rings. The molecule has 0 unspecified atom stereocenters. The van der Waals surface area contributed by atoms with Gasteiger partial charge in [0.05, 0.1) is 23.4 Å². The first kappa shape index (κ1) is 15.8. The number of piperidine rings is 1. The van der Waals surface area contributed by atoms with E-state index in [0.29, 0.717) is 32.5 Å². The Morgan fingerprint density at radius 2 is 1.73 bits per heavy atom. The number of hydrogen-bond acceptors (Lipinski definition) is 4. The number of carboxylic acid groups (broad SMARTS) is 1. The van der Waals surface area contributed by atoms with Gasteiger partial charge in [0.2, 0.25) is 0 Å². The van der Waals surface area contributed by atoms with Gasteiger partial charge in [-0.2, -0.15) is 0 Å². The average Bonchev–Trinajstić information content (AvgIpc) is 2.90. The summed E-state index contributed by atoms with van der Waals surface area (Å²) in [7, 11) is -0.373. The molecule has 1 spiro atoms. The largest absolute Gasteiger partial charge is 0.492 e. The van der Waals surface area contributed by atoms with E-state index in [1.165, 1.54) is 4.90 Å². The van der Waals surface area contributed by atoms with Gasteiger partial charge in [-0.3, -0.25) is 0 Å². The van der Waals surface area contributed by atoms with Gasteiger partial charge in [-0.1, -0.05) is 6.08 Å². The average molecular weight is 309 g/mol. The van der Waals surface area contributed by atoms with Crippen molar-refractivity contribution in [3.63, 3.8) is 0 Å². The van der Waals surface area contributed by atoms with E-state index in [4.69, 9.17) is 19.2 Å². The Hall–Kier alpha value is -1.05. The minimum absolute atomic E-state index is 0.356. The van der Waals surface area contributed by atoms with Gasteiger partial charge in [-0.05, 0) is 46.0 Å². The number of amides is 1. The SMILES string of the molecule is CC1(C)OB(C2=CC3(CCN(C(=O)O)CC3)OC2)OC1(C)C. The quantitative estimate of drug-likeness (QED) is 0.751. The molecule has 3 aliphatic heterocycles. The first-order valence-electron chi connectivity index (χ1n) is 7.83. The highest BCUT2D eigenvalue weighted by atomic mass is 16.7. The third kappa shape index (κ3) is 2.55. The summed E-state index contributed by atoms with van der Waals surface area (Å²) in [6.45, 7) is 9.62. The summed E-state index contributed by atoms with van der Waals surface area (Å²) >= 11 is 0. The van der Waals surface area contributed by atoms with Gasteiger partial charge in [0.1, 0.15) is 0 Å². The molecular weight excluding hydrogens is 285 g/mol. The molecule has 0 aromatic rings. The molecule has 0 aromatic carbocycles. The molecule has 6 nitrogen and oxygen atoms in total. The third-order valence-electron chi connectivity index (χ3n) is 5.41. The Morgan fingerprint density at radius 3 is 2.23 bits per heavy atom. The van der Waals surface area contributed by atoms with Crippen molar-refractivity contribution in [2.24, 2.45) is 0 Å². The lowest BCUT2D eigenvalue weighted by atomic mass is 9.76. The Morgan fingerprint density at radius 1 is 1.18 bits per heavy atom. The van der Waals surface area contributed by atoms with Gasteiger partial charge in [0.15, 0.2) is 0 Å². The van der Waals surface area contributed by atoms with Crippen molar-refractivity contribution in [1.82, 2.24) is 4.90 Å². The fraction of sp³-hybridized carbons (Fsp3) is 0.800. The predicted octanol–water partition coefficient (Wildman–Crippen LogP) is 2.09. The number of nitrogens with zero attached hydrogens (tertiary/aromatic N) is 1. The first-order chi connectivity index (χ1) is 10.1. The molecule has 122 valence electrons. The smallest absolute Gasteiger partial charge is 0.465 e. The topological polar surface area (TPSA) is 68.2 Å². The summed E-state index contributed by atoms with van der Waals surface area (Å²) in [6, 6.07) is 0. The Labute approximate surface area is 131 Å². The van der Waals surface area contributed by atoms with Crippen molar-refractivity contribution in [1.29, 1.82) is 0 Å². The van der Waals surface area contributed by atoms with Crippen molar-refractivity contribution < 1.29 is 23.9 Å². The zero-order valence-corrected chi connectivity index (χ0v) is 13.7. The van der Waals surface area contributed by atoms with Crippen molar-refractivity contribution in [3.05, 3.63) is 11.5 Å². The van der Waals surface area contributed by atoms with Crippen LogP contribution in [0.3, 0.4) is 0 Å². The second-order valence-corrected chi connectivity index (χ2v) is 7.43. The van der Waals surface area contributed by atoms with E-state index in [1.807, 2.05) is 27.7 Å². The molecule has 0 atom stereocenters. The van der Waals surface area contributed by atoms with E-state index >= 15 is 0 Å². The Balaban J connectivity index is 1.70. The van der Waals surface area contributed by atoms with Gasteiger partial charge >= 0.3 is 13.2 Å². The van der Waals surface area contributed by atoms with Gasteiger partial charge < -0.3 is 24.1 Å². The highest BCUT2D eigenvalue weighted by molar-refractivity contribution is 6.54. The molecule has 22 heavy (non-hydrogen) atoms. The highest BCUT2D eigenvalue weighted by Crippen LogP contribution is 2.42. The molecule has 2 saturated heterocycles. The van der Waals surface area contributed by atoms with E-state index in [0.717, 1.165) is 5.47 Å². The molecule has 0 aromatic heterocycles. The molecule has 1 amide bonds. The molecule has 0 aliphatic carbocycles. The molecule has 7 heteroatoms. The number of likely N-dealkylation sites (tertiary alicyclic amines) is 1. The Bertz CT molecular complexity index is 492. The summed E-state index contributed by atoms with van der Waals surface area (Å²) in [5, 5.41) is 9.04. The fourth-order valence-corrected chi connectivity index (χ4v) is 3.14. The van der Waals surface area contributed by atoms with Crippen LogP contribution in [0, 0.1) is 0 Å². The molecule has 3 rings (SSSR count). The highest BCUT2D eigenvalue weighted by Gasteiger charge is 2.54. The summed E-state index contributed by atoms with van der Waals surface area (Å²) in [5.74, 6) is 0. The second kappa shape index (κ2) is 4.98. The summed E-state index contributed by atoms with van der Waals surface area (Å²) in [5.41, 5.74) is -0.0605. The van der Waals surface area contributed by atoms with Crippen molar-refractivity contribution in [2.45, 2.75) is 57.3 Å². The van der Waals surface area contributed by atoms with Crippen molar-refractivity contribution in [3.8, 4) is 0 Å². The van der Waals surface area contributed by atoms with Crippen LogP contribution in [0.4, 0.5) is 4.79 Å². The maximum absolute atomic E-state index is 11.0. The van der Waals surface area contributed by atoms with Crippen LogP contribution in [0.2, 0.25) is 0 Å². The van der Waals surface area contributed by atoms with Crippen molar-refractivity contribution >= 4 is 13.2 Å². The summed E-state index contributed by atoms with van der Waals surface area (Å²) in [6.07, 6.45) is 2.61. The normalized spacial score (nSPS) is 29.0. The van der Waals surface area contributed by atoms with Crippen LogP contribution in [0.15, 0.2) is 11.5 Å². The third-order valence-corrected chi connectivity index (χ3v) is 5.41. The Kier molecular flexibility index (Phi) is 3.58. The van der Waals surface area contributed by atoms with E-state index in [2.05, 4.69) is 6.08 Å². The van der Waals surface area contributed by atoms with E-state index < -0.39 is 6.09 Å². The zero-order valence-electron chi connectivity index (χ0n) is 13.7. The van der Waals surface area contributed by atoms with Crippen LogP contribution >= 0.6 is 0 Å². The fourth-order valence-electron chi connectivity index (χ4n) is 3.14. The van der Waals surface area contributed by atoms with Crippen molar-refractivity contribution in [2.75, 3.05) is 19.7 Å². The number of carbonyl (C=O) groups is 1. The maximum Gasteiger partial charge on any atom is 0.492 e. The second-order valence-electron chi connectivity index (χ2n) is 7.43. The lowest BCUT2D eigenvalue weighted by molar-refractivity contribution is -0.0201. The van der Waals surface area contributed by atoms with E-state index in [1.54, 1.807) is 0 Å². The number of hydrogen-bond donors (Lipinski definition) is 1. The molecular formula is C15H24BNO5. The first-order valence-corrected chi connectivity index (χ1v) is 7.83. The zero-order chi connectivity index (χ0) is 16.2.